The van der Waals surface area contributed by atoms with Crippen LogP contribution in [0.1, 0.15) is 18.4 Å². The second-order valence-electron chi connectivity index (χ2n) is 7.05. The van der Waals surface area contributed by atoms with Gasteiger partial charge in [0.2, 0.25) is 0 Å². The molecule has 3 heterocycles. The zero-order valence-electron chi connectivity index (χ0n) is 15.2. The topological polar surface area (TPSA) is 63.2 Å². The standard InChI is InChI=1S/C22H18N4OS/c23-14-22(8-10-27-11-9-22)17-2-1-3-18(12-17)28-19-6-4-16-5-7-21-25-24-15-26(21)20(16)13-19/h1-7,12-13,15H,8-11H2. The van der Waals surface area contributed by atoms with Crippen molar-refractivity contribution in [1.29, 1.82) is 5.26 Å². The Kier molecular flexibility index (Phi) is 4.27. The number of pyridine rings is 1. The summed E-state index contributed by atoms with van der Waals surface area (Å²) >= 11 is 1.71. The molecule has 0 N–H and O–H groups in total. The molecule has 0 bridgehead atoms. The molecular weight excluding hydrogens is 368 g/mol. The van der Waals surface area contributed by atoms with Crippen LogP contribution in [0.15, 0.2) is 70.7 Å². The lowest BCUT2D eigenvalue weighted by molar-refractivity contribution is 0.0675. The molecule has 0 unspecified atom stereocenters. The molecule has 138 valence electrons. The van der Waals surface area contributed by atoms with Gasteiger partial charge in [-0.1, -0.05) is 30.0 Å². The van der Waals surface area contributed by atoms with Gasteiger partial charge in [0.25, 0.3) is 0 Å². The van der Waals surface area contributed by atoms with Gasteiger partial charge >= 0.3 is 0 Å². The average molecular weight is 386 g/mol. The van der Waals surface area contributed by atoms with Crippen molar-refractivity contribution in [2.45, 2.75) is 28.0 Å². The van der Waals surface area contributed by atoms with Gasteiger partial charge in [-0.3, -0.25) is 4.40 Å². The van der Waals surface area contributed by atoms with Crippen LogP contribution >= 0.6 is 11.8 Å². The van der Waals surface area contributed by atoms with E-state index in [1.807, 2.05) is 16.5 Å². The second-order valence-corrected chi connectivity index (χ2v) is 8.20. The average Bonchev–Trinajstić information content (AvgIpc) is 3.24. The molecule has 6 heteroatoms. The number of nitrogens with zero attached hydrogens (tertiary/aromatic N) is 4. The van der Waals surface area contributed by atoms with Gasteiger partial charge in [-0.15, -0.1) is 10.2 Å². The summed E-state index contributed by atoms with van der Waals surface area (Å²) in [7, 11) is 0. The van der Waals surface area contributed by atoms with Gasteiger partial charge in [-0.05, 0) is 60.2 Å². The molecule has 28 heavy (non-hydrogen) atoms. The first kappa shape index (κ1) is 17.2. The lowest BCUT2D eigenvalue weighted by Gasteiger charge is -2.31. The predicted molar refractivity (Wildman–Crippen MR) is 108 cm³/mol. The third-order valence-corrected chi connectivity index (χ3v) is 6.41. The first-order chi connectivity index (χ1) is 13.8. The molecule has 1 aliphatic rings. The fourth-order valence-corrected chi connectivity index (χ4v) is 4.73. The summed E-state index contributed by atoms with van der Waals surface area (Å²) in [6.07, 6.45) is 3.24. The van der Waals surface area contributed by atoms with Crippen LogP contribution in [-0.4, -0.2) is 27.8 Å². The number of hydrogen-bond acceptors (Lipinski definition) is 5. The van der Waals surface area contributed by atoms with Crippen LogP contribution in [0.5, 0.6) is 0 Å². The normalized spacial score (nSPS) is 16.2. The van der Waals surface area contributed by atoms with Crippen LogP contribution in [0.4, 0.5) is 0 Å². The monoisotopic (exact) mass is 386 g/mol. The molecule has 0 atom stereocenters. The van der Waals surface area contributed by atoms with Gasteiger partial charge in [0.05, 0.1) is 17.0 Å². The molecule has 2 aromatic carbocycles. The fourth-order valence-electron chi connectivity index (χ4n) is 3.82. The van der Waals surface area contributed by atoms with Crippen molar-refractivity contribution >= 4 is 28.3 Å². The molecule has 1 fully saturated rings. The Morgan fingerprint density at radius 3 is 2.71 bits per heavy atom. The van der Waals surface area contributed by atoms with E-state index in [9.17, 15) is 5.26 Å². The fraction of sp³-hybridized carbons (Fsp3) is 0.227. The summed E-state index contributed by atoms with van der Waals surface area (Å²) in [6.45, 7) is 1.29. The van der Waals surface area contributed by atoms with E-state index in [2.05, 4.69) is 58.7 Å². The van der Waals surface area contributed by atoms with Crippen molar-refractivity contribution in [2.24, 2.45) is 0 Å². The van der Waals surface area contributed by atoms with E-state index < -0.39 is 5.41 Å². The molecule has 0 spiro atoms. The van der Waals surface area contributed by atoms with Gasteiger partial charge < -0.3 is 4.74 Å². The molecule has 1 aliphatic heterocycles. The van der Waals surface area contributed by atoms with Gasteiger partial charge in [-0.25, -0.2) is 0 Å². The number of hydrogen-bond donors (Lipinski definition) is 0. The number of rotatable bonds is 3. The third-order valence-electron chi connectivity index (χ3n) is 5.43. The lowest BCUT2D eigenvalue weighted by atomic mass is 9.75. The molecule has 0 saturated carbocycles. The molecule has 1 saturated heterocycles. The highest BCUT2D eigenvalue weighted by Crippen LogP contribution is 2.37. The molecule has 4 aromatic rings. The van der Waals surface area contributed by atoms with Gasteiger partial charge in [0.15, 0.2) is 5.65 Å². The van der Waals surface area contributed by atoms with Crippen molar-refractivity contribution in [3.8, 4) is 6.07 Å². The minimum atomic E-state index is -0.438. The number of ether oxygens (including phenoxy) is 1. The zero-order valence-corrected chi connectivity index (χ0v) is 16.0. The minimum Gasteiger partial charge on any atom is -0.381 e. The number of aromatic nitrogens is 3. The Hall–Kier alpha value is -2.88. The highest BCUT2D eigenvalue weighted by atomic mass is 32.2. The summed E-state index contributed by atoms with van der Waals surface area (Å²) in [4.78, 5) is 2.28. The maximum absolute atomic E-state index is 9.85. The van der Waals surface area contributed by atoms with E-state index in [1.165, 1.54) is 0 Å². The summed E-state index contributed by atoms with van der Waals surface area (Å²) < 4.78 is 7.48. The number of nitriles is 1. The van der Waals surface area contributed by atoms with Crippen molar-refractivity contribution in [2.75, 3.05) is 13.2 Å². The van der Waals surface area contributed by atoms with E-state index in [1.54, 1.807) is 18.1 Å². The Morgan fingerprint density at radius 2 is 1.86 bits per heavy atom. The first-order valence-electron chi connectivity index (χ1n) is 9.27. The molecule has 5 rings (SSSR count). The van der Waals surface area contributed by atoms with Crippen molar-refractivity contribution in [3.05, 3.63) is 66.5 Å². The predicted octanol–water partition coefficient (Wildman–Crippen LogP) is 4.61. The van der Waals surface area contributed by atoms with Crippen molar-refractivity contribution in [3.63, 3.8) is 0 Å². The zero-order chi connectivity index (χ0) is 19.0. The van der Waals surface area contributed by atoms with Crippen molar-refractivity contribution in [1.82, 2.24) is 14.6 Å². The largest absolute Gasteiger partial charge is 0.381 e. The smallest absolute Gasteiger partial charge is 0.161 e. The summed E-state index contributed by atoms with van der Waals surface area (Å²) in [5, 5.41) is 19.1. The van der Waals surface area contributed by atoms with Crippen molar-refractivity contribution < 1.29 is 4.74 Å². The van der Waals surface area contributed by atoms with E-state index >= 15 is 0 Å². The molecule has 2 aromatic heterocycles. The van der Waals surface area contributed by atoms with Gasteiger partial charge in [-0.2, -0.15) is 5.26 Å². The SMILES string of the molecule is N#CC1(c2cccc(Sc3ccc4ccc5nncn5c4c3)c2)CCOCC1. The first-order valence-corrected chi connectivity index (χ1v) is 10.1. The van der Waals surface area contributed by atoms with Crippen LogP contribution in [-0.2, 0) is 10.2 Å². The Labute approximate surface area is 167 Å². The number of fused-ring (bicyclic) bond motifs is 3. The highest BCUT2D eigenvalue weighted by molar-refractivity contribution is 7.99. The van der Waals surface area contributed by atoms with Crippen LogP contribution in [0.3, 0.4) is 0 Å². The Morgan fingerprint density at radius 1 is 1.04 bits per heavy atom. The van der Waals surface area contributed by atoms with Crippen LogP contribution < -0.4 is 0 Å². The Bertz CT molecular complexity index is 1200. The molecule has 0 radical (unpaired) electrons. The van der Waals surface area contributed by atoms with Gasteiger partial charge in [0.1, 0.15) is 6.33 Å². The van der Waals surface area contributed by atoms with E-state index in [0.29, 0.717) is 13.2 Å². The lowest BCUT2D eigenvalue weighted by Crippen LogP contribution is -2.32. The van der Waals surface area contributed by atoms with Crippen LogP contribution in [0, 0.1) is 11.3 Å². The minimum absolute atomic E-state index is 0.438. The summed E-state index contributed by atoms with van der Waals surface area (Å²) in [5.41, 5.74) is 2.58. The number of benzene rings is 2. The van der Waals surface area contributed by atoms with Crippen LogP contribution in [0.25, 0.3) is 16.6 Å². The van der Waals surface area contributed by atoms with E-state index in [0.717, 1.165) is 44.7 Å². The van der Waals surface area contributed by atoms with E-state index in [4.69, 9.17) is 4.74 Å². The molecule has 0 aliphatic carbocycles. The van der Waals surface area contributed by atoms with E-state index in [-0.39, 0.29) is 0 Å². The second kappa shape index (κ2) is 6.93. The molecule has 5 nitrogen and oxygen atoms in total. The van der Waals surface area contributed by atoms with Crippen LogP contribution in [0.2, 0.25) is 0 Å². The molecule has 0 amide bonds. The third kappa shape index (κ3) is 2.93. The quantitative estimate of drug-likeness (QED) is 0.515. The van der Waals surface area contributed by atoms with Gasteiger partial charge in [0, 0.05) is 23.0 Å². The maximum Gasteiger partial charge on any atom is 0.161 e. The summed E-state index contributed by atoms with van der Waals surface area (Å²) in [5.74, 6) is 0. The molecular formula is C22H18N4OS. The Balaban J connectivity index is 1.50. The summed E-state index contributed by atoms with van der Waals surface area (Å²) in [6, 6.07) is 21.4. The maximum atomic E-state index is 9.85. The highest BCUT2D eigenvalue weighted by Gasteiger charge is 2.34.